The summed E-state index contributed by atoms with van der Waals surface area (Å²) in [7, 11) is 0. The second-order valence-corrected chi connectivity index (χ2v) is 5.87. The molecule has 1 aliphatic carbocycles. The first-order valence-corrected chi connectivity index (χ1v) is 7.69. The van der Waals surface area contributed by atoms with E-state index in [0.717, 1.165) is 36.7 Å². The lowest BCUT2D eigenvalue weighted by atomic mass is 9.92. The van der Waals surface area contributed by atoms with Crippen LogP contribution in [0, 0.1) is 0 Å². The highest BCUT2D eigenvalue weighted by Gasteiger charge is 2.41. The third-order valence-electron chi connectivity index (χ3n) is 4.36. The summed E-state index contributed by atoms with van der Waals surface area (Å²) < 4.78 is 17.7. The first kappa shape index (κ1) is 13.7. The molecule has 0 amide bonds. The van der Waals surface area contributed by atoms with Crippen molar-refractivity contribution >= 4 is 16.7 Å². The number of nitrogens with zero attached hydrogens (tertiary/aromatic N) is 2. The van der Waals surface area contributed by atoms with Crippen LogP contribution in [0.4, 0.5) is 5.69 Å². The van der Waals surface area contributed by atoms with Crippen LogP contribution in [0.2, 0.25) is 0 Å². The third-order valence-corrected chi connectivity index (χ3v) is 4.36. The molecular formula is C16H19N3O3. The number of rotatable bonds is 2. The molecule has 22 heavy (non-hydrogen) atoms. The molecule has 2 aliphatic rings. The Hall–Kier alpha value is -1.92. The Bertz CT molecular complexity index is 675. The second-order valence-electron chi connectivity index (χ2n) is 5.87. The van der Waals surface area contributed by atoms with E-state index in [9.17, 15) is 0 Å². The van der Waals surface area contributed by atoms with Crippen molar-refractivity contribution in [1.82, 2.24) is 9.97 Å². The van der Waals surface area contributed by atoms with E-state index in [0.29, 0.717) is 24.7 Å². The van der Waals surface area contributed by atoms with Crippen molar-refractivity contribution in [1.29, 1.82) is 0 Å². The van der Waals surface area contributed by atoms with E-state index in [4.69, 9.17) is 19.9 Å². The van der Waals surface area contributed by atoms with Gasteiger partial charge in [-0.05, 0) is 18.9 Å². The van der Waals surface area contributed by atoms with Crippen molar-refractivity contribution in [2.45, 2.75) is 37.6 Å². The Morgan fingerprint density at radius 2 is 1.82 bits per heavy atom. The number of nitrogen functional groups attached to an aromatic ring is 1. The van der Waals surface area contributed by atoms with Gasteiger partial charge in [-0.1, -0.05) is 0 Å². The zero-order chi connectivity index (χ0) is 15.0. The van der Waals surface area contributed by atoms with Crippen LogP contribution in [-0.4, -0.2) is 35.1 Å². The van der Waals surface area contributed by atoms with E-state index in [-0.39, 0.29) is 11.9 Å². The van der Waals surface area contributed by atoms with Gasteiger partial charge in [-0.15, -0.1) is 0 Å². The molecule has 0 radical (unpaired) electrons. The van der Waals surface area contributed by atoms with Crippen LogP contribution in [-0.2, 0) is 9.47 Å². The Labute approximate surface area is 128 Å². The number of hydrogen-bond acceptors (Lipinski definition) is 6. The van der Waals surface area contributed by atoms with Crippen LogP contribution in [0.5, 0.6) is 5.75 Å². The molecule has 0 unspecified atom stereocenters. The Morgan fingerprint density at radius 1 is 1.09 bits per heavy atom. The second kappa shape index (κ2) is 5.37. The number of nitrogens with two attached hydrogens (primary N) is 1. The van der Waals surface area contributed by atoms with Crippen molar-refractivity contribution in [2.24, 2.45) is 0 Å². The van der Waals surface area contributed by atoms with Crippen LogP contribution in [0.3, 0.4) is 0 Å². The maximum absolute atomic E-state index is 6.16. The number of ether oxygens (including phenoxy) is 3. The SMILES string of the molecule is Nc1cc(OC2CCC3(CC2)OCCO3)c2nccnc2c1. The molecule has 1 aromatic heterocycles. The standard InChI is InChI=1S/C16H19N3O3/c17-11-9-13-15(19-6-5-18-13)14(10-11)22-12-1-3-16(4-2-12)20-7-8-21-16/h5-6,9-10,12H,1-4,7-8,17H2. The first-order chi connectivity index (χ1) is 10.7. The summed E-state index contributed by atoms with van der Waals surface area (Å²) in [4.78, 5) is 8.66. The average Bonchev–Trinajstić information content (AvgIpc) is 2.98. The molecule has 1 spiro atoms. The van der Waals surface area contributed by atoms with Crippen LogP contribution in [0.1, 0.15) is 25.7 Å². The molecule has 1 aliphatic heterocycles. The zero-order valence-corrected chi connectivity index (χ0v) is 12.3. The normalized spacial score (nSPS) is 21.5. The minimum Gasteiger partial charge on any atom is -0.488 e. The monoisotopic (exact) mass is 301 g/mol. The van der Waals surface area contributed by atoms with Gasteiger partial charge in [0.15, 0.2) is 5.79 Å². The number of anilines is 1. The predicted octanol–water partition coefficient (Wildman–Crippen LogP) is 2.28. The van der Waals surface area contributed by atoms with Gasteiger partial charge in [0.25, 0.3) is 0 Å². The Kier molecular flexibility index (Phi) is 3.35. The molecular weight excluding hydrogens is 282 g/mol. The molecule has 116 valence electrons. The van der Waals surface area contributed by atoms with Crippen LogP contribution >= 0.6 is 0 Å². The summed E-state index contributed by atoms with van der Waals surface area (Å²) in [5, 5.41) is 0. The summed E-state index contributed by atoms with van der Waals surface area (Å²) in [5.41, 5.74) is 8.08. The number of fused-ring (bicyclic) bond motifs is 1. The lowest BCUT2D eigenvalue weighted by Crippen LogP contribution is -2.38. The maximum Gasteiger partial charge on any atom is 0.168 e. The zero-order valence-electron chi connectivity index (χ0n) is 12.3. The topological polar surface area (TPSA) is 79.5 Å². The number of aromatic nitrogens is 2. The molecule has 2 aromatic rings. The van der Waals surface area contributed by atoms with Crippen molar-refractivity contribution in [3.05, 3.63) is 24.5 Å². The molecule has 0 atom stereocenters. The summed E-state index contributed by atoms with van der Waals surface area (Å²) in [5.74, 6) is 0.342. The predicted molar refractivity (Wildman–Crippen MR) is 81.5 cm³/mol. The van der Waals surface area contributed by atoms with Crippen molar-refractivity contribution in [3.8, 4) is 5.75 Å². The fraction of sp³-hybridized carbons (Fsp3) is 0.500. The van der Waals surface area contributed by atoms with Gasteiger partial charge in [0, 0.05) is 37.0 Å². The lowest BCUT2D eigenvalue weighted by molar-refractivity contribution is -0.185. The van der Waals surface area contributed by atoms with E-state index >= 15 is 0 Å². The molecule has 6 heteroatoms. The van der Waals surface area contributed by atoms with Gasteiger partial charge in [-0.2, -0.15) is 0 Å². The van der Waals surface area contributed by atoms with Crippen molar-refractivity contribution in [3.63, 3.8) is 0 Å². The third kappa shape index (κ3) is 2.48. The van der Waals surface area contributed by atoms with Gasteiger partial charge >= 0.3 is 0 Å². The van der Waals surface area contributed by atoms with Crippen molar-refractivity contribution in [2.75, 3.05) is 18.9 Å². The molecule has 1 saturated heterocycles. The molecule has 2 heterocycles. The average molecular weight is 301 g/mol. The number of hydrogen-bond donors (Lipinski definition) is 1. The highest BCUT2D eigenvalue weighted by Crippen LogP contribution is 2.38. The minimum absolute atomic E-state index is 0.130. The quantitative estimate of drug-likeness (QED) is 0.857. The first-order valence-electron chi connectivity index (χ1n) is 7.69. The van der Waals surface area contributed by atoms with Crippen LogP contribution in [0.15, 0.2) is 24.5 Å². The fourth-order valence-corrected chi connectivity index (χ4v) is 3.27. The Morgan fingerprint density at radius 3 is 2.59 bits per heavy atom. The highest BCUT2D eigenvalue weighted by molar-refractivity contribution is 5.84. The van der Waals surface area contributed by atoms with Gasteiger partial charge < -0.3 is 19.9 Å². The summed E-state index contributed by atoms with van der Waals surface area (Å²) in [6, 6.07) is 3.63. The van der Waals surface area contributed by atoms with E-state index in [1.165, 1.54) is 0 Å². The van der Waals surface area contributed by atoms with Crippen LogP contribution in [0.25, 0.3) is 11.0 Å². The van der Waals surface area contributed by atoms with Gasteiger partial charge in [0.05, 0.1) is 24.8 Å². The van der Waals surface area contributed by atoms with Crippen LogP contribution < -0.4 is 10.5 Å². The largest absolute Gasteiger partial charge is 0.488 e. The Balaban J connectivity index is 1.52. The molecule has 2 fully saturated rings. The molecule has 0 bridgehead atoms. The van der Waals surface area contributed by atoms with Crippen molar-refractivity contribution < 1.29 is 14.2 Å². The summed E-state index contributed by atoms with van der Waals surface area (Å²) in [6.45, 7) is 1.39. The fourth-order valence-electron chi connectivity index (χ4n) is 3.27. The summed E-state index contributed by atoms with van der Waals surface area (Å²) in [6.07, 6.45) is 6.98. The minimum atomic E-state index is -0.364. The number of benzene rings is 1. The maximum atomic E-state index is 6.16. The molecule has 1 aromatic carbocycles. The molecule has 6 nitrogen and oxygen atoms in total. The highest BCUT2D eigenvalue weighted by atomic mass is 16.7. The smallest absolute Gasteiger partial charge is 0.168 e. The molecule has 2 N–H and O–H groups in total. The van der Waals surface area contributed by atoms with Gasteiger partial charge in [-0.3, -0.25) is 4.98 Å². The van der Waals surface area contributed by atoms with E-state index in [1.54, 1.807) is 12.4 Å². The van der Waals surface area contributed by atoms with Gasteiger partial charge in [0.1, 0.15) is 11.3 Å². The molecule has 1 saturated carbocycles. The van der Waals surface area contributed by atoms with Gasteiger partial charge in [-0.25, -0.2) is 4.98 Å². The summed E-state index contributed by atoms with van der Waals surface area (Å²) >= 11 is 0. The lowest BCUT2D eigenvalue weighted by Gasteiger charge is -2.35. The van der Waals surface area contributed by atoms with Gasteiger partial charge in [0.2, 0.25) is 0 Å². The van der Waals surface area contributed by atoms with E-state index in [2.05, 4.69) is 9.97 Å². The molecule has 4 rings (SSSR count). The van der Waals surface area contributed by atoms with E-state index < -0.39 is 0 Å². The van der Waals surface area contributed by atoms with E-state index in [1.807, 2.05) is 12.1 Å².